The fourth-order valence-electron chi connectivity index (χ4n) is 1.52. The molecule has 0 bridgehead atoms. The van der Waals surface area contributed by atoms with Gasteiger partial charge in [0.15, 0.2) is 0 Å². The summed E-state index contributed by atoms with van der Waals surface area (Å²) in [6.07, 6.45) is 0.105. The number of carbonyl (C=O) groups is 1. The molecule has 0 saturated heterocycles. The Morgan fingerprint density at radius 1 is 1.17 bits per heavy atom. The molecule has 1 aromatic carbocycles. The molecular formula is C13H12INO2S. The Balaban J connectivity index is 1.92. The zero-order chi connectivity index (χ0) is 13.0. The van der Waals surface area contributed by atoms with Gasteiger partial charge in [0.05, 0.1) is 6.42 Å². The number of aliphatic carboxylic acids is 1. The Bertz CT molecular complexity index is 536. The summed E-state index contributed by atoms with van der Waals surface area (Å²) in [7, 11) is 0. The van der Waals surface area contributed by atoms with Gasteiger partial charge in [-0.3, -0.25) is 4.79 Å². The number of carboxylic acids is 1. The van der Waals surface area contributed by atoms with E-state index in [9.17, 15) is 4.79 Å². The molecule has 1 aromatic heterocycles. The maximum Gasteiger partial charge on any atom is 0.308 e. The van der Waals surface area contributed by atoms with Gasteiger partial charge in [0.2, 0.25) is 0 Å². The molecule has 0 aliphatic rings. The average molecular weight is 373 g/mol. The maximum absolute atomic E-state index is 10.6. The van der Waals surface area contributed by atoms with Gasteiger partial charge < -0.3 is 10.4 Å². The first-order valence-electron chi connectivity index (χ1n) is 5.42. The standard InChI is InChI=1S/C13H12INO2S/c14-9-1-3-10(4-2-9)15-8-12-6-5-11(18-12)7-13(16)17/h1-6,15H,7-8H2,(H,16,17). The second-order valence-corrected chi connectivity index (χ2v) is 6.30. The van der Waals surface area contributed by atoms with Crippen molar-refractivity contribution in [3.8, 4) is 0 Å². The van der Waals surface area contributed by atoms with Crippen molar-refractivity contribution < 1.29 is 9.90 Å². The Labute approximate surface area is 123 Å². The van der Waals surface area contributed by atoms with Crippen molar-refractivity contribution in [3.05, 3.63) is 49.7 Å². The van der Waals surface area contributed by atoms with Gasteiger partial charge in [0, 0.05) is 25.6 Å². The Kier molecular flexibility index (Phi) is 4.60. The predicted octanol–water partition coefficient (Wildman–Crippen LogP) is 3.59. The Morgan fingerprint density at radius 3 is 2.50 bits per heavy atom. The van der Waals surface area contributed by atoms with Gasteiger partial charge in [-0.25, -0.2) is 0 Å². The first-order chi connectivity index (χ1) is 8.63. The number of rotatable bonds is 5. The van der Waals surface area contributed by atoms with Crippen LogP contribution in [-0.4, -0.2) is 11.1 Å². The smallest absolute Gasteiger partial charge is 0.308 e. The van der Waals surface area contributed by atoms with Gasteiger partial charge in [-0.05, 0) is 59.0 Å². The minimum atomic E-state index is -0.783. The van der Waals surface area contributed by atoms with Crippen LogP contribution in [0, 0.1) is 3.57 Å². The van der Waals surface area contributed by atoms with Crippen LogP contribution >= 0.6 is 33.9 Å². The van der Waals surface area contributed by atoms with E-state index in [1.165, 1.54) is 14.9 Å². The van der Waals surface area contributed by atoms with Crippen LogP contribution in [0.2, 0.25) is 0 Å². The van der Waals surface area contributed by atoms with Gasteiger partial charge in [-0.15, -0.1) is 11.3 Å². The molecule has 0 unspecified atom stereocenters. The van der Waals surface area contributed by atoms with Crippen LogP contribution in [0.4, 0.5) is 5.69 Å². The zero-order valence-electron chi connectivity index (χ0n) is 9.52. The second kappa shape index (κ2) is 6.19. The number of hydrogen-bond acceptors (Lipinski definition) is 3. The third-order valence-corrected chi connectivity index (χ3v) is 4.16. The van der Waals surface area contributed by atoms with Gasteiger partial charge in [0.25, 0.3) is 0 Å². The van der Waals surface area contributed by atoms with Crippen LogP contribution in [0.15, 0.2) is 36.4 Å². The van der Waals surface area contributed by atoms with Gasteiger partial charge >= 0.3 is 5.97 Å². The number of nitrogens with one attached hydrogen (secondary N) is 1. The van der Waals surface area contributed by atoms with Crippen LogP contribution in [-0.2, 0) is 17.8 Å². The molecule has 2 aromatic rings. The van der Waals surface area contributed by atoms with E-state index in [-0.39, 0.29) is 6.42 Å². The molecule has 1 heterocycles. The molecule has 2 N–H and O–H groups in total. The highest BCUT2D eigenvalue weighted by atomic mass is 127. The van der Waals surface area contributed by atoms with E-state index >= 15 is 0 Å². The minimum Gasteiger partial charge on any atom is -0.481 e. The molecular weight excluding hydrogens is 361 g/mol. The van der Waals surface area contributed by atoms with Crippen molar-refractivity contribution in [2.24, 2.45) is 0 Å². The molecule has 5 heteroatoms. The van der Waals surface area contributed by atoms with Crippen LogP contribution < -0.4 is 5.32 Å². The Morgan fingerprint density at radius 2 is 1.83 bits per heavy atom. The van der Waals surface area contributed by atoms with E-state index in [4.69, 9.17) is 5.11 Å². The summed E-state index contributed by atoms with van der Waals surface area (Å²) >= 11 is 3.81. The number of halogens is 1. The molecule has 0 atom stereocenters. The van der Waals surface area contributed by atoms with E-state index in [2.05, 4.69) is 27.9 Å². The fourth-order valence-corrected chi connectivity index (χ4v) is 2.83. The van der Waals surface area contributed by atoms with Gasteiger partial charge in [-0.2, -0.15) is 0 Å². The van der Waals surface area contributed by atoms with Crippen molar-refractivity contribution in [2.45, 2.75) is 13.0 Å². The molecule has 2 rings (SSSR count). The molecule has 0 amide bonds. The first kappa shape index (κ1) is 13.4. The predicted molar refractivity (Wildman–Crippen MR) is 82.1 cm³/mol. The molecule has 94 valence electrons. The number of benzene rings is 1. The minimum absolute atomic E-state index is 0.105. The molecule has 0 spiro atoms. The SMILES string of the molecule is O=C(O)Cc1ccc(CNc2ccc(I)cc2)s1. The van der Waals surface area contributed by atoms with E-state index in [0.29, 0.717) is 0 Å². The molecule has 0 aliphatic heterocycles. The van der Waals surface area contributed by atoms with Gasteiger partial charge in [0.1, 0.15) is 0 Å². The third-order valence-electron chi connectivity index (χ3n) is 2.35. The first-order valence-corrected chi connectivity index (χ1v) is 7.32. The fraction of sp³-hybridized carbons (Fsp3) is 0.154. The average Bonchev–Trinajstić information content (AvgIpc) is 2.75. The lowest BCUT2D eigenvalue weighted by Gasteiger charge is -2.04. The van der Waals surface area contributed by atoms with Gasteiger partial charge in [-0.1, -0.05) is 0 Å². The van der Waals surface area contributed by atoms with E-state index in [1.54, 1.807) is 0 Å². The molecule has 0 saturated carbocycles. The van der Waals surface area contributed by atoms with Crippen molar-refractivity contribution in [1.82, 2.24) is 0 Å². The normalized spacial score (nSPS) is 10.3. The maximum atomic E-state index is 10.6. The van der Waals surface area contributed by atoms with Crippen molar-refractivity contribution >= 4 is 45.6 Å². The molecule has 0 fully saturated rings. The number of hydrogen-bond donors (Lipinski definition) is 2. The number of thiophene rings is 1. The summed E-state index contributed by atoms with van der Waals surface area (Å²) < 4.78 is 1.21. The highest BCUT2D eigenvalue weighted by Crippen LogP contribution is 2.19. The third kappa shape index (κ3) is 3.99. The summed E-state index contributed by atoms with van der Waals surface area (Å²) in [6.45, 7) is 0.727. The van der Waals surface area contributed by atoms with Crippen LogP contribution in [0.3, 0.4) is 0 Å². The highest BCUT2D eigenvalue weighted by molar-refractivity contribution is 14.1. The monoisotopic (exact) mass is 373 g/mol. The quantitative estimate of drug-likeness (QED) is 0.788. The molecule has 3 nitrogen and oxygen atoms in total. The lowest BCUT2D eigenvalue weighted by molar-refractivity contribution is -0.136. The van der Waals surface area contributed by atoms with Crippen LogP contribution in [0.5, 0.6) is 0 Å². The van der Waals surface area contributed by atoms with E-state index < -0.39 is 5.97 Å². The summed E-state index contributed by atoms with van der Waals surface area (Å²) in [5.41, 5.74) is 1.07. The summed E-state index contributed by atoms with van der Waals surface area (Å²) in [5.74, 6) is -0.783. The number of anilines is 1. The lowest BCUT2D eigenvalue weighted by Crippen LogP contribution is -1.98. The zero-order valence-corrected chi connectivity index (χ0v) is 12.5. The van der Waals surface area contributed by atoms with Crippen molar-refractivity contribution in [3.63, 3.8) is 0 Å². The summed E-state index contributed by atoms with van der Waals surface area (Å²) in [6, 6.07) is 12.0. The Hall–Kier alpha value is -1.08. The lowest BCUT2D eigenvalue weighted by atomic mass is 10.3. The second-order valence-electron chi connectivity index (χ2n) is 3.80. The van der Waals surface area contributed by atoms with E-state index in [0.717, 1.165) is 22.0 Å². The molecule has 18 heavy (non-hydrogen) atoms. The highest BCUT2D eigenvalue weighted by Gasteiger charge is 2.04. The van der Waals surface area contributed by atoms with Crippen molar-refractivity contribution in [2.75, 3.05) is 5.32 Å². The number of carboxylic acid groups (broad SMARTS) is 1. The summed E-state index contributed by atoms with van der Waals surface area (Å²) in [5, 5.41) is 12.0. The topological polar surface area (TPSA) is 49.3 Å². The van der Waals surface area contributed by atoms with E-state index in [1.807, 2.05) is 36.4 Å². The largest absolute Gasteiger partial charge is 0.481 e. The van der Waals surface area contributed by atoms with Crippen LogP contribution in [0.25, 0.3) is 0 Å². The summed E-state index contributed by atoms with van der Waals surface area (Å²) in [4.78, 5) is 12.6. The molecule has 0 radical (unpaired) electrons. The van der Waals surface area contributed by atoms with Crippen molar-refractivity contribution in [1.29, 1.82) is 0 Å². The van der Waals surface area contributed by atoms with Crippen LogP contribution in [0.1, 0.15) is 9.75 Å². The molecule has 0 aliphatic carbocycles.